The van der Waals surface area contributed by atoms with Crippen molar-refractivity contribution in [1.82, 2.24) is 0 Å². The van der Waals surface area contributed by atoms with Crippen LogP contribution in [0.3, 0.4) is 0 Å². The molecule has 1 aliphatic heterocycles. The van der Waals surface area contributed by atoms with Crippen LogP contribution in [0.15, 0.2) is 54.6 Å². The number of carbonyl (C=O) groups excluding carboxylic acids is 2. The van der Waals surface area contributed by atoms with E-state index in [1.165, 1.54) is 4.90 Å². The lowest BCUT2D eigenvalue weighted by atomic mass is 10.1. The maximum Gasteiger partial charge on any atom is 0.308 e. The van der Waals surface area contributed by atoms with Gasteiger partial charge in [-0.25, -0.2) is 0 Å². The highest BCUT2D eigenvalue weighted by atomic mass is 16.4. The number of carboxylic acids is 1. The zero-order chi connectivity index (χ0) is 17.8. The lowest BCUT2D eigenvalue weighted by Gasteiger charge is -2.17. The Kier molecular flexibility index (Phi) is 4.79. The average Bonchev–Trinajstić information content (AvgIpc) is 2.98. The van der Waals surface area contributed by atoms with E-state index in [-0.39, 0.29) is 31.2 Å². The molecule has 1 aliphatic rings. The minimum Gasteiger partial charge on any atom is -0.481 e. The van der Waals surface area contributed by atoms with Crippen LogP contribution in [0.1, 0.15) is 12.0 Å². The summed E-state index contributed by atoms with van der Waals surface area (Å²) in [5, 5.41) is 11.9. The van der Waals surface area contributed by atoms with Crippen molar-refractivity contribution in [3.8, 4) is 0 Å². The Morgan fingerprint density at radius 2 is 1.88 bits per heavy atom. The largest absolute Gasteiger partial charge is 0.481 e. The van der Waals surface area contributed by atoms with Gasteiger partial charge in [-0.2, -0.15) is 0 Å². The minimum atomic E-state index is -0.969. The van der Waals surface area contributed by atoms with Gasteiger partial charge in [0.1, 0.15) is 0 Å². The molecule has 1 saturated heterocycles. The van der Waals surface area contributed by atoms with Crippen molar-refractivity contribution in [2.24, 2.45) is 5.92 Å². The first kappa shape index (κ1) is 16.7. The third-order valence-electron chi connectivity index (χ3n) is 4.12. The van der Waals surface area contributed by atoms with Crippen LogP contribution in [0, 0.1) is 5.92 Å². The molecule has 2 amide bonds. The number of rotatable bonds is 5. The van der Waals surface area contributed by atoms with E-state index < -0.39 is 11.9 Å². The summed E-state index contributed by atoms with van der Waals surface area (Å²) >= 11 is 0. The standard InChI is InChI=1S/C19H18N2O4/c22-17(9-13-5-2-1-3-6-13)20-15-7-4-8-16(11-15)21-12-14(19(24)25)10-18(21)23/h1-8,11,14H,9-10,12H2,(H,20,22)(H,24,25)/t14-/m1/s1. The molecule has 6 nitrogen and oxygen atoms in total. The number of nitrogens with one attached hydrogen (secondary N) is 1. The topological polar surface area (TPSA) is 86.7 Å². The lowest BCUT2D eigenvalue weighted by molar-refractivity contribution is -0.141. The number of carboxylic acid groups (broad SMARTS) is 1. The van der Waals surface area contributed by atoms with Gasteiger partial charge in [-0.05, 0) is 23.8 Å². The van der Waals surface area contributed by atoms with Crippen molar-refractivity contribution in [1.29, 1.82) is 0 Å². The van der Waals surface area contributed by atoms with E-state index in [4.69, 9.17) is 5.11 Å². The summed E-state index contributed by atoms with van der Waals surface area (Å²) < 4.78 is 0. The van der Waals surface area contributed by atoms with E-state index in [1.54, 1.807) is 24.3 Å². The third-order valence-corrected chi connectivity index (χ3v) is 4.12. The van der Waals surface area contributed by atoms with E-state index in [9.17, 15) is 14.4 Å². The van der Waals surface area contributed by atoms with Crippen molar-refractivity contribution in [3.05, 3.63) is 60.2 Å². The minimum absolute atomic E-state index is 0.0000722. The third kappa shape index (κ3) is 4.03. The maximum absolute atomic E-state index is 12.2. The number of anilines is 2. The van der Waals surface area contributed by atoms with Gasteiger partial charge in [0.2, 0.25) is 11.8 Å². The zero-order valence-electron chi connectivity index (χ0n) is 13.5. The Hall–Kier alpha value is -3.15. The molecule has 6 heteroatoms. The number of amides is 2. The maximum atomic E-state index is 12.2. The second-order valence-corrected chi connectivity index (χ2v) is 6.00. The Bertz CT molecular complexity index is 804. The molecule has 1 heterocycles. The lowest BCUT2D eigenvalue weighted by Crippen LogP contribution is -2.26. The van der Waals surface area contributed by atoms with Crippen LogP contribution < -0.4 is 10.2 Å². The first-order valence-electron chi connectivity index (χ1n) is 8.00. The Morgan fingerprint density at radius 3 is 2.56 bits per heavy atom. The van der Waals surface area contributed by atoms with E-state index in [2.05, 4.69) is 5.32 Å². The first-order valence-corrected chi connectivity index (χ1v) is 8.00. The monoisotopic (exact) mass is 338 g/mol. The number of hydrogen-bond donors (Lipinski definition) is 2. The van der Waals surface area contributed by atoms with Crippen molar-refractivity contribution < 1.29 is 19.5 Å². The molecule has 0 unspecified atom stereocenters. The summed E-state index contributed by atoms with van der Waals surface area (Å²) in [6, 6.07) is 16.3. The molecule has 0 saturated carbocycles. The fourth-order valence-corrected chi connectivity index (χ4v) is 2.86. The molecule has 0 radical (unpaired) electrons. The number of carbonyl (C=O) groups is 3. The predicted molar refractivity (Wildman–Crippen MR) is 93.3 cm³/mol. The second-order valence-electron chi connectivity index (χ2n) is 6.00. The van der Waals surface area contributed by atoms with Gasteiger partial charge in [-0.1, -0.05) is 36.4 Å². The molecule has 1 atom stereocenters. The fraction of sp³-hybridized carbons (Fsp3) is 0.211. The number of nitrogens with zero attached hydrogens (tertiary/aromatic N) is 1. The molecule has 0 aliphatic carbocycles. The number of benzene rings is 2. The molecule has 128 valence electrons. The molecule has 2 aromatic rings. The molecular formula is C19H18N2O4. The van der Waals surface area contributed by atoms with Gasteiger partial charge in [-0.15, -0.1) is 0 Å². The van der Waals surface area contributed by atoms with Crippen LogP contribution in [-0.4, -0.2) is 29.4 Å². The van der Waals surface area contributed by atoms with Gasteiger partial charge in [0.05, 0.1) is 12.3 Å². The first-order chi connectivity index (χ1) is 12.0. The normalized spacial score (nSPS) is 16.7. The van der Waals surface area contributed by atoms with Crippen LogP contribution in [0.25, 0.3) is 0 Å². The van der Waals surface area contributed by atoms with E-state index in [0.717, 1.165) is 5.56 Å². The average molecular weight is 338 g/mol. The quantitative estimate of drug-likeness (QED) is 0.876. The molecule has 2 aromatic carbocycles. The van der Waals surface area contributed by atoms with Crippen LogP contribution in [0.2, 0.25) is 0 Å². The zero-order valence-corrected chi connectivity index (χ0v) is 13.5. The van der Waals surface area contributed by atoms with E-state index >= 15 is 0 Å². The molecule has 25 heavy (non-hydrogen) atoms. The van der Waals surface area contributed by atoms with Crippen LogP contribution in [0.5, 0.6) is 0 Å². The van der Waals surface area contributed by atoms with Crippen molar-refractivity contribution in [2.75, 3.05) is 16.8 Å². The van der Waals surface area contributed by atoms with E-state index in [1.807, 2.05) is 30.3 Å². The van der Waals surface area contributed by atoms with Gasteiger partial charge in [-0.3, -0.25) is 14.4 Å². The number of aliphatic carboxylic acids is 1. The van der Waals surface area contributed by atoms with Crippen LogP contribution in [-0.2, 0) is 20.8 Å². The summed E-state index contributed by atoms with van der Waals surface area (Å²) in [5.41, 5.74) is 2.08. The highest BCUT2D eigenvalue weighted by Crippen LogP contribution is 2.27. The van der Waals surface area contributed by atoms with Gasteiger partial charge < -0.3 is 15.3 Å². The molecule has 0 spiro atoms. The Labute approximate surface area is 145 Å². The molecule has 3 rings (SSSR count). The van der Waals surface area contributed by atoms with Crippen LogP contribution >= 0.6 is 0 Å². The summed E-state index contributed by atoms with van der Waals surface area (Å²) in [6.45, 7) is 0.148. The SMILES string of the molecule is O=C(Cc1ccccc1)Nc1cccc(N2C[C@H](C(=O)O)CC2=O)c1. The molecule has 0 aromatic heterocycles. The van der Waals surface area contributed by atoms with Crippen molar-refractivity contribution >= 4 is 29.2 Å². The second kappa shape index (κ2) is 7.17. The number of hydrogen-bond acceptors (Lipinski definition) is 3. The Balaban J connectivity index is 1.68. The smallest absolute Gasteiger partial charge is 0.308 e. The summed E-state index contributed by atoms with van der Waals surface area (Å²) in [5.74, 6) is -2.04. The van der Waals surface area contributed by atoms with Gasteiger partial charge in [0, 0.05) is 24.3 Å². The molecule has 1 fully saturated rings. The molecule has 0 bridgehead atoms. The highest BCUT2D eigenvalue weighted by molar-refractivity contribution is 6.00. The van der Waals surface area contributed by atoms with Crippen LogP contribution in [0.4, 0.5) is 11.4 Å². The summed E-state index contributed by atoms with van der Waals surface area (Å²) in [6.07, 6.45) is 0.259. The molecular weight excluding hydrogens is 320 g/mol. The van der Waals surface area contributed by atoms with Gasteiger partial charge >= 0.3 is 5.97 Å². The summed E-state index contributed by atoms with van der Waals surface area (Å²) in [4.78, 5) is 36.7. The van der Waals surface area contributed by atoms with E-state index in [0.29, 0.717) is 11.4 Å². The fourth-order valence-electron chi connectivity index (χ4n) is 2.86. The van der Waals surface area contributed by atoms with Gasteiger partial charge in [0.15, 0.2) is 0 Å². The van der Waals surface area contributed by atoms with Gasteiger partial charge in [0.25, 0.3) is 0 Å². The van der Waals surface area contributed by atoms with Crippen molar-refractivity contribution in [3.63, 3.8) is 0 Å². The molecule has 2 N–H and O–H groups in total. The predicted octanol–water partition coefficient (Wildman–Crippen LogP) is 2.31. The highest BCUT2D eigenvalue weighted by Gasteiger charge is 2.35. The van der Waals surface area contributed by atoms with Crippen molar-refractivity contribution in [2.45, 2.75) is 12.8 Å². The Morgan fingerprint density at radius 1 is 1.12 bits per heavy atom. The summed E-state index contributed by atoms with van der Waals surface area (Å²) in [7, 11) is 0.